The average Bonchev–Trinajstić information content (AvgIpc) is 2.35. The molecule has 1 rings (SSSR count). The van der Waals surface area contributed by atoms with Gasteiger partial charge < -0.3 is 0 Å². The Morgan fingerprint density at radius 3 is 1.53 bits per heavy atom. The maximum atomic E-state index is 3.36. The zero-order chi connectivity index (χ0) is 12.2. The molecule has 4 nitrogen and oxygen atoms in total. The van der Waals surface area contributed by atoms with Crippen LogP contribution in [-0.4, -0.2) is 27.9 Å². The van der Waals surface area contributed by atoms with E-state index in [4.69, 9.17) is 0 Å². The molecular formula is C10H22BN4. The predicted molar refractivity (Wildman–Crippen MR) is 64.9 cm³/mol. The van der Waals surface area contributed by atoms with Crippen molar-refractivity contribution in [1.29, 1.82) is 0 Å². The molecule has 0 bridgehead atoms. The Hall–Kier alpha value is -0.995. The Kier molecular flexibility index (Phi) is 12.1. The minimum absolute atomic E-state index is 0.458. The lowest BCUT2D eigenvalue weighted by molar-refractivity contribution is 0.645. The molecule has 0 spiro atoms. The summed E-state index contributed by atoms with van der Waals surface area (Å²) in [6.45, 7) is 12.8. The molecule has 1 heterocycles. The maximum Gasteiger partial charge on any atom is 0.113 e. The summed E-state index contributed by atoms with van der Waals surface area (Å²) in [6, 6.07) is 0. The molecular weight excluding hydrogens is 187 g/mol. The number of nitrogens with zero attached hydrogens (tertiary/aromatic N) is 4. The molecule has 15 heavy (non-hydrogen) atoms. The average molecular weight is 209 g/mol. The van der Waals surface area contributed by atoms with Crippen molar-refractivity contribution in [2.45, 2.75) is 53.2 Å². The van der Waals surface area contributed by atoms with Crippen LogP contribution in [0.4, 0.5) is 0 Å². The van der Waals surface area contributed by atoms with Gasteiger partial charge in [0.1, 0.15) is 7.28 Å². The van der Waals surface area contributed by atoms with Gasteiger partial charge >= 0.3 is 0 Å². The van der Waals surface area contributed by atoms with Crippen LogP contribution in [0.1, 0.15) is 41.0 Å². The largest absolute Gasteiger partial charge is 0.136 e. The quantitative estimate of drug-likeness (QED) is 0.702. The number of rotatable bonds is 2. The van der Waals surface area contributed by atoms with Crippen LogP contribution in [0, 0.1) is 0 Å². The monoisotopic (exact) mass is 209 g/mol. The molecule has 0 aliphatic carbocycles. The van der Waals surface area contributed by atoms with E-state index in [9.17, 15) is 0 Å². The highest BCUT2D eigenvalue weighted by molar-refractivity contribution is 6.37. The van der Waals surface area contributed by atoms with Crippen LogP contribution in [0.2, 0.25) is 12.1 Å². The molecule has 0 unspecified atom stereocenters. The van der Waals surface area contributed by atoms with Crippen molar-refractivity contribution in [3.63, 3.8) is 0 Å². The number of aromatic nitrogens is 4. The maximum absolute atomic E-state index is 3.36. The molecule has 0 fully saturated rings. The second-order valence-corrected chi connectivity index (χ2v) is 3.34. The standard InChI is InChI=1S/C6H14B.C2H2N4.C2H6/c1-5-6(2,3)7-4;1-2-4-6-5-3-1;1-2/h5H2,1-4H3;1-2H;1-2H3. The summed E-state index contributed by atoms with van der Waals surface area (Å²) in [5.41, 5.74) is 0. The third-order valence-electron chi connectivity index (χ3n) is 2.04. The van der Waals surface area contributed by atoms with Gasteiger partial charge in [0, 0.05) is 0 Å². The first-order valence-electron chi connectivity index (χ1n) is 5.38. The van der Waals surface area contributed by atoms with Gasteiger partial charge in [-0.1, -0.05) is 53.2 Å². The lowest BCUT2D eigenvalue weighted by atomic mass is 9.55. The highest BCUT2D eigenvalue weighted by atomic mass is 15.4. The molecule has 0 atom stereocenters. The Balaban J connectivity index is 0. The van der Waals surface area contributed by atoms with E-state index in [1.807, 2.05) is 13.8 Å². The zero-order valence-corrected chi connectivity index (χ0v) is 10.7. The van der Waals surface area contributed by atoms with Gasteiger partial charge in [0.05, 0.1) is 12.4 Å². The van der Waals surface area contributed by atoms with Crippen molar-refractivity contribution in [3.8, 4) is 0 Å². The van der Waals surface area contributed by atoms with Gasteiger partial charge in [-0.25, -0.2) is 0 Å². The van der Waals surface area contributed by atoms with Gasteiger partial charge in [-0.3, -0.25) is 0 Å². The molecule has 1 aromatic heterocycles. The van der Waals surface area contributed by atoms with Crippen LogP contribution in [0.5, 0.6) is 0 Å². The third kappa shape index (κ3) is 13.0. The van der Waals surface area contributed by atoms with Gasteiger partial charge in [-0.2, -0.15) is 0 Å². The molecule has 0 aromatic carbocycles. The first-order valence-corrected chi connectivity index (χ1v) is 5.38. The van der Waals surface area contributed by atoms with E-state index >= 15 is 0 Å². The lowest BCUT2D eigenvalue weighted by Crippen LogP contribution is -2.06. The van der Waals surface area contributed by atoms with Gasteiger partial charge in [0.25, 0.3) is 0 Å². The van der Waals surface area contributed by atoms with E-state index in [0.717, 1.165) is 0 Å². The van der Waals surface area contributed by atoms with Gasteiger partial charge in [-0.05, 0) is 10.4 Å². The van der Waals surface area contributed by atoms with E-state index < -0.39 is 0 Å². The van der Waals surface area contributed by atoms with Crippen LogP contribution < -0.4 is 0 Å². The van der Waals surface area contributed by atoms with E-state index in [1.165, 1.54) is 18.8 Å². The molecule has 0 amide bonds. The molecule has 1 aromatic rings. The van der Waals surface area contributed by atoms with E-state index in [-0.39, 0.29) is 0 Å². The van der Waals surface area contributed by atoms with E-state index in [1.54, 1.807) is 0 Å². The fraction of sp³-hybridized carbons (Fsp3) is 0.800. The summed E-state index contributed by atoms with van der Waals surface area (Å²) >= 11 is 0. The fourth-order valence-electron chi connectivity index (χ4n) is 0.370. The fourth-order valence-corrected chi connectivity index (χ4v) is 0.370. The normalized spacial score (nSPS) is 8.93. The summed E-state index contributed by atoms with van der Waals surface area (Å²) in [5, 5.41) is 13.5. The van der Waals surface area contributed by atoms with Gasteiger partial charge in [0.15, 0.2) is 0 Å². The second kappa shape index (κ2) is 11.1. The van der Waals surface area contributed by atoms with Crippen molar-refractivity contribution in [3.05, 3.63) is 12.4 Å². The zero-order valence-electron chi connectivity index (χ0n) is 10.7. The second-order valence-electron chi connectivity index (χ2n) is 3.34. The molecule has 5 heteroatoms. The van der Waals surface area contributed by atoms with Gasteiger partial charge in [-0.15, -0.1) is 10.2 Å². The van der Waals surface area contributed by atoms with Gasteiger partial charge in [0.2, 0.25) is 0 Å². The van der Waals surface area contributed by atoms with Crippen LogP contribution in [-0.2, 0) is 0 Å². The predicted octanol–water partition coefficient (Wildman–Crippen LogP) is 2.64. The molecule has 0 aliphatic heterocycles. The van der Waals surface area contributed by atoms with Crippen molar-refractivity contribution in [2.75, 3.05) is 0 Å². The topological polar surface area (TPSA) is 51.6 Å². The van der Waals surface area contributed by atoms with E-state index in [0.29, 0.717) is 5.31 Å². The first kappa shape index (κ1) is 16.4. The minimum atomic E-state index is 0.458. The van der Waals surface area contributed by atoms with Crippen molar-refractivity contribution >= 4 is 7.28 Å². The summed E-state index contributed by atoms with van der Waals surface area (Å²) in [5.74, 6) is 0. The SMILES string of the molecule is CC.C[B]C(C)(C)CC.c1cnnnn1. The summed E-state index contributed by atoms with van der Waals surface area (Å²) < 4.78 is 0. The molecule has 0 saturated heterocycles. The Morgan fingerprint density at radius 1 is 1.07 bits per heavy atom. The number of hydrogen-bond donors (Lipinski definition) is 0. The Morgan fingerprint density at radius 2 is 1.47 bits per heavy atom. The summed E-state index contributed by atoms with van der Waals surface area (Å²) in [7, 11) is 2.24. The van der Waals surface area contributed by atoms with Crippen molar-refractivity contribution in [1.82, 2.24) is 20.6 Å². The molecule has 85 valence electrons. The summed E-state index contributed by atoms with van der Waals surface area (Å²) in [6.07, 6.45) is 4.17. The smallest absolute Gasteiger partial charge is 0.113 e. The van der Waals surface area contributed by atoms with E-state index in [2.05, 4.69) is 55.5 Å². The molecule has 1 radical (unpaired) electrons. The Labute approximate surface area is 94.1 Å². The number of hydrogen-bond acceptors (Lipinski definition) is 4. The van der Waals surface area contributed by atoms with Crippen molar-refractivity contribution in [2.24, 2.45) is 0 Å². The molecule has 0 aliphatic rings. The van der Waals surface area contributed by atoms with Crippen LogP contribution in [0.25, 0.3) is 0 Å². The molecule has 0 saturated carbocycles. The first-order chi connectivity index (χ1) is 7.12. The third-order valence-corrected chi connectivity index (χ3v) is 2.04. The minimum Gasteiger partial charge on any atom is -0.136 e. The van der Waals surface area contributed by atoms with Crippen LogP contribution in [0.15, 0.2) is 12.4 Å². The highest BCUT2D eigenvalue weighted by Crippen LogP contribution is 2.25. The highest BCUT2D eigenvalue weighted by Gasteiger charge is 2.10. The Bertz CT molecular complexity index is 171. The van der Waals surface area contributed by atoms with Crippen molar-refractivity contribution < 1.29 is 0 Å². The molecule has 0 N–H and O–H groups in total. The lowest BCUT2D eigenvalue weighted by Gasteiger charge is -2.17. The van der Waals surface area contributed by atoms with Crippen LogP contribution >= 0.6 is 0 Å². The summed E-state index contributed by atoms with van der Waals surface area (Å²) in [4.78, 5) is 0. The van der Waals surface area contributed by atoms with Crippen LogP contribution in [0.3, 0.4) is 0 Å².